The van der Waals surface area contributed by atoms with Gasteiger partial charge < -0.3 is 19.0 Å². The molecular formula is C26H54NO5P+. The molecule has 3 unspecified atom stereocenters. The third kappa shape index (κ3) is 18.6. The fourth-order valence-corrected chi connectivity index (χ4v) is 5.14. The minimum atomic E-state index is -3.99. The Morgan fingerprint density at radius 1 is 0.879 bits per heavy atom. The van der Waals surface area contributed by atoms with Gasteiger partial charge >= 0.3 is 13.6 Å². The Kier molecular flexibility index (Phi) is 18.6. The predicted molar refractivity (Wildman–Crippen MR) is 138 cm³/mol. The first kappa shape index (κ1) is 32.6. The number of carbonyl (C=O) groups is 1. The van der Waals surface area contributed by atoms with Crippen LogP contribution in [0.25, 0.3) is 0 Å². The number of aliphatic carboxylic acids is 1. The van der Waals surface area contributed by atoms with Crippen molar-refractivity contribution in [2.45, 2.75) is 116 Å². The number of carboxylic acids is 1. The zero-order valence-corrected chi connectivity index (χ0v) is 23.2. The van der Waals surface area contributed by atoms with E-state index in [1.165, 1.54) is 84.0 Å². The van der Waals surface area contributed by atoms with E-state index in [4.69, 9.17) is 4.52 Å². The van der Waals surface area contributed by atoms with E-state index < -0.39 is 25.1 Å². The van der Waals surface area contributed by atoms with Crippen LogP contribution in [-0.2, 0) is 13.9 Å². The number of hydrogen-bond acceptors (Lipinski definition) is 3. The summed E-state index contributed by atoms with van der Waals surface area (Å²) in [5.74, 6) is -2.02. The fourth-order valence-electron chi connectivity index (χ4n) is 3.91. The van der Waals surface area contributed by atoms with Gasteiger partial charge in [-0.15, -0.1) is 0 Å². The van der Waals surface area contributed by atoms with Crippen molar-refractivity contribution in [2.75, 3.05) is 34.3 Å². The van der Waals surface area contributed by atoms with Crippen molar-refractivity contribution in [3.05, 3.63) is 6.42 Å². The number of hydrogen-bond donors (Lipinski definition) is 2. The summed E-state index contributed by atoms with van der Waals surface area (Å²) in [7, 11) is 1.92. The Hall–Kier alpha value is -0.420. The molecule has 0 spiro atoms. The minimum Gasteiger partial charge on any atom is -0.481 e. The van der Waals surface area contributed by atoms with Gasteiger partial charge in [-0.2, -0.15) is 0 Å². The molecule has 0 bridgehead atoms. The van der Waals surface area contributed by atoms with Crippen LogP contribution in [0, 0.1) is 12.3 Å². The molecule has 0 aliphatic carbocycles. The van der Waals surface area contributed by atoms with Crippen molar-refractivity contribution < 1.29 is 28.4 Å². The molecule has 2 N–H and O–H groups in total. The molecule has 0 amide bonds. The van der Waals surface area contributed by atoms with Crippen molar-refractivity contribution in [2.24, 2.45) is 5.92 Å². The molecule has 6 nitrogen and oxygen atoms in total. The lowest BCUT2D eigenvalue weighted by atomic mass is 9.97. The SMILES string of the molecule is CCCCCCCCCCCCCCCC[CH]C(C(=O)O)C(C)P(=O)(O)OCC[N+](C)(C)C. The summed E-state index contributed by atoms with van der Waals surface area (Å²) in [6.45, 7) is 4.48. The molecule has 0 aromatic carbocycles. The molecule has 0 saturated heterocycles. The third-order valence-corrected chi connectivity index (χ3v) is 8.24. The summed E-state index contributed by atoms with van der Waals surface area (Å²) in [4.78, 5) is 21.9. The van der Waals surface area contributed by atoms with Crippen molar-refractivity contribution in [3.63, 3.8) is 0 Å². The molecule has 0 aromatic heterocycles. The summed E-state index contributed by atoms with van der Waals surface area (Å²) in [6.07, 6.45) is 20.3. The Labute approximate surface area is 204 Å². The molecule has 0 saturated carbocycles. The lowest BCUT2D eigenvalue weighted by molar-refractivity contribution is -0.870. The molecule has 33 heavy (non-hydrogen) atoms. The normalized spacial score (nSPS) is 15.8. The van der Waals surface area contributed by atoms with Crippen LogP contribution in [0.2, 0.25) is 0 Å². The Balaban J connectivity index is 3.90. The Morgan fingerprint density at radius 3 is 1.70 bits per heavy atom. The molecule has 7 heteroatoms. The van der Waals surface area contributed by atoms with Gasteiger partial charge in [0.05, 0.1) is 32.7 Å². The van der Waals surface area contributed by atoms with E-state index >= 15 is 0 Å². The highest BCUT2D eigenvalue weighted by Crippen LogP contribution is 2.51. The molecule has 0 aromatic rings. The first-order valence-electron chi connectivity index (χ1n) is 13.3. The van der Waals surface area contributed by atoms with E-state index in [1.807, 2.05) is 21.1 Å². The van der Waals surface area contributed by atoms with E-state index in [2.05, 4.69) is 6.92 Å². The number of carboxylic acid groups (broad SMARTS) is 1. The van der Waals surface area contributed by atoms with Gasteiger partial charge in [0.25, 0.3) is 0 Å². The van der Waals surface area contributed by atoms with Gasteiger partial charge in [-0.25, -0.2) is 0 Å². The van der Waals surface area contributed by atoms with Crippen LogP contribution in [0.1, 0.15) is 110 Å². The second-order valence-electron chi connectivity index (χ2n) is 10.6. The van der Waals surface area contributed by atoms with Crippen LogP contribution in [0.3, 0.4) is 0 Å². The Morgan fingerprint density at radius 2 is 1.30 bits per heavy atom. The molecule has 0 fully saturated rings. The van der Waals surface area contributed by atoms with Gasteiger partial charge in [0.15, 0.2) is 0 Å². The van der Waals surface area contributed by atoms with E-state index in [0.717, 1.165) is 12.8 Å². The highest BCUT2D eigenvalue weighted by Gasteiger charge is 2.39. The van der Waals surface area contributed by atoms with Crippen molar-refractivity contribution in [3.8, 4) is 0 Å². The van der Waals surface area contributed by atoms with E-state index in [-0.39, 0.29) is 6.61 Å². The van der Waals surface area contributed by atoms with Gasteiger partial charge in [0, 0.05) is 0 Å². The van der Waals surface area contributed by atoms with Gasteiger partial charge in [-0.05, 0) is 12.8 Å². The monoisotopic (exact) mass is 491 g/mol. The third-order valence-electron chi connectivity index (χ3n) is 6.34. The largest absolute Gasteiger partial charge is 0.481 e. The van der Waals surface area contributed by atoms with Crippen LogP contribution >= 0.6 is 7.60 Å². The van der Waals surface area contributed by atoms with Crippen molar-refractivity contribution in [1.82, 2.24) is 0 Å². The van der Waals surface area contributed by atoms with Gasteiger partial charge in [0.1, 0.15) is 13.2 Å². The lowest BCUT2D eigenvalue weighted by Crippen LogP contribution is -2.37. The molecule has 1 radical (unpaired) electrons. The zero-order valence-electron chi connectivity index (χ0n) is 22.3. The number of unbranched alkanes of at least 4 members (excludes halogenated alkanes) is 14. The molecule has 0 aliphatic heterocycles. The smallest absolute Gasteiger partial charge is 0.331 e. The maximum atomic E-state index is 12.5. The molecule has 3 atom stereocenters. The maximum Gasteiger partial charge on any atom is 0.331 e. The first-order valence-corrected chi connectivity index (χ1v) is 15.0. The van der Waals surface area contributed by atoms with Crippen LogP contribution in [0.4, 0.5) is 0 Å². The summed E-state index contributed by atoms with van der Waals surface area (Å²) in [5.41, 5.74) is -0.950. The lowest BCUT2D eigenvalue weighted by Gasteiger charge is -2.27. The second kappa shape index (κ2) is 18.9. The van der Waals surface area contributed by atoms with E-state index in [0.29, 0.717) is 17.4 Å². The van der Waals surface area contributed by atoms with Crippen LogP contribution in [0.15, 0.2) is 0 Å². The number of quaternary nitrogens is 1. The summed E-state index contributed by atoms with van der Waals surface area (Å²) < 4.78 is 18.4. The Bertz CT molecular complexity index is 535. The van der Waals surface area contributed by atoms with E-state index in [1.54, 1.807) is 6.42 Å². The van der Waals surface area contributed by atoms with Crippen molar-refractivity contribution >= 4 is 13.6 Å². The second-order valence-corrected chi connectivity index (χ2v) is 12.8. The topological polar surface area (TPSA) is 83.8 Å². The maximum absolute atomic E-state index is 12.5. The summed E-state index contributed by atoms with van der Waals surface area (Å²) in [5, 5.41) is 9.55. The summed E-state index contributed by atoms with van der Waals surface area (Å²) in [6, 6.07) is 0. The first-order chi connectivity index (χ1) is 15.5. The number of rotatable bonds is 23. The molecule has 197 valence electrons. The van der Waals surface area contributed by atoms with E-state index in [9.17, 15) is 19.4 Å². The van der Waals surface area contributed by atoms with Gasteiger partial charge in [-0.3, -0.25) is 9.36 Å². The van der Waals surface area contributed by atoms with Crippen LogP contribution in [0.5, 0.6) is 0 Å². The molecule has 0 rings (SSSR count). The highest BCUT2D eigenvalue weighted by molar-refractivity contribution is 7.53. The summed E-state index contributed by atoms with van der Waals surface area (Å²) >= 11 is 0. The van der Waals surface area contributed by atoms with Gasteiger partial charge in [0.2, 0.25) is 0 Å². The average molecular weight is 492 g/mol. The van der Waals surface area contributed by atoms with Crippen LogP contribution in [-0.4, -0.2) is 60.4 Å². The molecular weight excluding hydrogens is 437 g/mol. The van der Waals surface area contributed by atoms with Crippen LogP contribution < -0.4 is 0 Å². The van der Waals surface area contributed by atoms with Gasteiger partial charge in [-0.1, -0.05) is 104 Å². The fraction of sp³-hybridized carbons (Fsp3) is 0.923. The predicted octanol–water partition coefficient (Wildman–Crippen LogP) is 7.06. The standard InChI is InChI=1S/C26H53NO5P/c1-6-7-8-9-10-11-12-13-14-15-16-17-18-19-20-21-25(26(28)29)24(2)33(30,31)32-23-22-27(3,4)5/h21,24-25H,6-20,22-23H2,1-5H3,(H-,28,29,30,31)/p+1. The number of nitrogens with zero attached hydrogens (tertiary/aromatic N) is 1. The average Bonchev–Trinajstić information content (AvgIpc) is 2.71. The van der Waals surface area contributed by atoms with Crippen molar-refractivity contribution in [1.29, 1.82) is 0 Å². The highest BCUT2D eigenvalue weighted by atomic mass is 31.2. The molecule has 0 heterocycles. The zero-order chi connectivity index (χ0) is 25.2. The minimum absolute atomic E-state index is 0.132. The number of likely N-dealkylation sites (N-methyl/N-ethyl adjacent to an activating group) is 1. The quantitative estimate of drug-likeness (QED) is 0.0908. The molecule has 0 aliphatic rings.